The Kier molecular flexibility index (Phi) is 5.88. The van der Waals surface area contributed by atoms with E-state index in [9.17, 15) is 9.59 Å². The summed E-state index contributed by atoms with van der Waals surface area (Å²) in [5, 5.41) is 2.24. The van der Waals surface area contributed by atoms with E-state index in [0.29, 0.717) is 0 Å². The Morgan fingerprint density at radius 3 is 2.53 bits per heavy atom. The number of esters is 1. The van der Waals surface area contributed by atoms with Crippen molar-refractivity contribution in [2.75, 3.05) is 12.6 Å². The second kappa shape index (κ2) is 7.51. The number of hydrogen-bond acceptors (Lipinski definition) is 4. The van der Waals surface area contributed by atoms with E-state index in [4.69, 9.17) is 16.3 Å². The zero-order chi connectivity index (χ0) is 12.5. The summed E-state index contributed by atoms with van der Waals surface area (Å²) in [5.74, 6) is -0.614. The molecule has 0 heterocycles. The average Bonchev–Trinajstić information content (AvgIpc) is 2.35. The van der Waals surface area contributed by atoms with Crippen LogP contribution in [0.15, 0.2) is 30.3 Å². The van der Waals surface area contributed by atoms with Crippen molar-refractivity contribution in [1.82, 2.24) is 5.32 Å². The summed E-state index contributed by atoms with van der Waals surface area (Å²) >= 11 is 5.17. The minimum Gasteiger partial charge on any atom is -0.448 e. The van der Waals surface area contributed by atoms with Gasteiger partial charge in [-0.25, -0.2) is 4.79 Å². The lowest BCUT2D eigenvalue weighted by molar-refractivity contribution is -0.140. The summed E-state index contributed by atoms with van der Waals surface area (Å²) in [6.45, 7) is -0.114. The number of rotatable bonds is 5. The molecule has 6 heteroatoms. The second-order valence-corrected chi connectivity index (χ2v) is 3.26. The van der Waals surface area contributed by atoms with Gasteiger partial charge in [0.15, 0.2) is 6.07 Å². The van der Waals surface area contributed by atoms with E-state index in [0.717, 1.165) is 5.56 Å². The van der Waals surface area contributed by atoms with Gasteiger partial charge in [0.2, 0.25) is 0 Å². The van der Waals surface area contributed by atoms with Crippen molar-refractivity contribution in [2.45, 2.75) is 6.61 Å². The van der Waals surface area contributed by atoms with Gasteiger partial charge in [-0.15, -0.1) is 0 Å². The highest BCUT2D eigenvalue weighted by molar-refractivity contribution is 6.17. The number of hydrogen-bond donors (Lipinski definition) is 1. The quantitative estimate of drug-likeness (QED) is 0.644. The fourth-order valence-corrected chi connectivity index (χ4v) is 1.15. The standard InChI is InChI=1S/C11H12ClNO4/c12-8-17-10(14)6-13-11(15)16-7-9-4-2-1-3-5-9/h1-5H,6-8H2,(H,13,15). The maximum atomic E-state index is 11.2. The SMILES string of the molecule is O=C(CNC(=O)OCc1ccccc1)OCCl. The Balaban J connectivity index is 2.20. The molecule has 0 spiro atoms. The number of alkyl carbamates (subject to hydrolysis) is 1. The lowest BCUT2D eigenvalue weighted by atomic mass is 10.2. The van der Waals surface area contributed by atoms with Crippen LogP contribution in [0.3, 0.4) is 0 Å². The minimum absolute atomic E-state index is 0.150. The summed E-state index contributed by atoms with van der Waals surface area (Å²) in [5.41, 5.74) is 0.867. The highest BCUT2D eigenvalue weighted by atomic mass is 35.5. The molecule has 0 radical (unpaired) electrons. The summed E-state index contributed by atoms with van der Waals surface area (Å²) in [6, 6.07) is 8.97. The van der Waals surface area contributed by atoms with Crippen LogP contribution < -0.4 is 5.32 Å². The van der Waals surface area contributed by atoms with E-state index in [1.807, 2.05) is 30.3 Å². The van der Waals surface area contributed by atoms with Gasteiger partial charge in [0.25, 0.3) is 0 Å². The Labute approximate surface area is 104 Å². The van der Waals surface area contributed by atoms with E-state index >= 15 is 0 Å². The molecule has 0 aliphatic carbocycles. The van der Waals surface area contributed by atoms with Crippen LogP contribution in [0.25, 0.3) is 0 Å². The molecule has 17 heavy (non-hydrogen) atoms. The lowest BCUT2D eigenvalue weighted by Crippen LogP contribution is -2.30. The Hall–Kier alpha value is -1.75. The van der Waals surface area contributed by atoms with E-state index in [1.54, 1.807) is 0 Å². The number of ether oxygens (including phenoxy) is 2. The van der Waals surface area contributed by atoms with Crippen LogP contribution in [0, 0.1) is 0 Å². The number of carbonyl (C=O) groups is 2. The highest BCUT2D eigenvalue weighted by Crippen LogP contribution is 2.00. The van der Waals surface area contributed by atoms with E-state index in [-0.39, 0.29) is 19.2 Å². The highest BCUT2D eigenvalue weighted by Gasteiger charge is 2.06. The predicted octanol–water partition coefficient (Wildman–Crippen LogP) is 1.65. The van der Waals surface area contributed by atoms with Crippen LogP contribution in [-0.4, -0.2) is 24.7 Å². The second-order valence-electron chi connectivity index (χ2n) is 3.04. The van der Waals surface area contributed by atoms with Gasteiger partial charge in [-0.2, -0.15) is 0 Å². The molecule has 1 rings (SSSR count). The minimum atomic E-state index is -0.680. The van der Waals surface area contributed by atoms with Gasteiger partial charge in [-0.1, -0.05) is 41.9 Å². The first-order valence-corrected chi connectivity index (χ1v) is 5.42. The fourth-order valence-electron chi connectivity index (χ4n) is 1.03. The van der Waals surface area contributed by atoms with Crippen LogP contribution in [0.1, 0.15) is 5.56 Å². The molecular weight excluding hydrogens is 246 g/mol. The predicted molar refractivity (Wildman–Crippen MR) is 61.4 cm³/mol. The summed E-state index contributed by atoms with van der Waals surface area (Å²) < 4.78 is 9.28. The smallest absolute Gasteiger partial charge is 0.407 e. The van der Waals surface area contributed by atoms with E-state index in [2.05, 4.69) is 10.1 Å². The number of alkyl halides is 1. The molecule has 0 saturated heterocycles. The molecule has 0 fully saturated rings. The van der Waals surface area contributed by atoms with Crippen molar-refractivity contribution in [3.8, 4) is 0 Å². The molecule has 1 N–H and O–H groups in total. The van der Waals surface area contributed by atoms with Crippen LogP contribution >= 0.6 is 11.6 Å². The van der Waals surface area contributed by atoms with Crippen LogP contribution in [0.5, 0.6) is 0 Å². The summed E-state index contributed by atoms with van der Waals surface area (Å²) in [4.78, 5) is 22.0. The molecule has 0 bridgehead atoms. The molecular formula is C11H12ClNO4. The zero-order valence-corrected chi connectivity index (χ0v) is 9.77. The van der Waals surface area contributed by atoms with Gasteiger partial charge in [0.1, 0.15) is 13.2 Å². The third-order valence-corrected chi connectivity index (χ3v) is 1.91. The van der Waals surface area contributed by atoms with Crippen LogP contribution in [-0.2, 0) is 20.9 Å². The Morgan fingerprint density at radius 1 is 1.18 bits per heavy atom. The molecule has 1 aromatic rings. The van der Waals surface area contributed by atoms with Crippen LogP contribution in [0.2, 0.25) is 0 Å². The van der Waals surface area contributed by atoms with E-state index in [1.165, 1.54) is 0 Å². The first-order valence-electron chi connectivity index (χ1n) is 4.88. The largest absolute Gasteiger partial charge is 0.448 e. The molecule has 0 atom stereocenters. The topological polar surface area (TPSA) is 64.6 Å². The molecule has 1 amide bonds. The molecule has 0 unspecified atom stereocenters. The van der Waals surface area contributed by atoms with Gasteiger partial charge in [-0.05, 0) is 5.56 Å². The number of benzene rings is 1. The number of nitrogens with one attached hydrogen (secondary N) is 1. The molecule has 0 aliphatic heterocycles. The lowest BCUT2D eigenvalue weighted by Gasteiger charge is -2.06. The molecule has 0 aromatic heterocycles. The third-order valence-electron chi connectivity index (χ3n) is 1.81. The average molecular weight is 258 g/mol. The van der Waals surface area contributed by atoms with Crippen LogP contribution in [0.4, 0.5) is 4.79 Å². The summed E-state index contributed by atoms with van der Waals surface area (Å²) in [6.07, 6.45) is -0.680. The van der Waals surface area contributed by atoms with Crippen molar-refractivity contribution < 1.29 is 19.1 Å². The fraction of sp³-hybridized carbons (Fsp3) is 0.273. The van der Waals surface area contributed by atoms with Gasteiger partial charge in [0.05, 0.1) is 0 Å². The molecule has 1 aromatic carbocycles. The van der Waals surface area contributed by atoms with Gasteiger partial charge < -0.3 is 14.8 Å². The molecule has 92 valence electrons. The first kappa shape index (κ1) is 13.3. The number of amides is 1. The first-order chi connectivity index (χ1) is 8.22. The Morgan fingerprint density at radius 2 is 1.88 bits per heavy atom. The van der Waals surface area contributed by atoms with Crippen molar-refractivity contribution in [3.05, 3.63) is 35.9 Å². The number of halogens is 1. The normalized spacial score (nSPS) is 9.47. The Bertz CT molecular complexity index is 369. The number of carbonyl (C=O) groups excluding carboxylic acids is 2. The van der Waals surface area contributed by atoms with E-state index < -0.39 is 12.1 Å². The van der Waals surface area contributed by atoms with Crippen molar-refractivity contribution in [2.24, 2.45) is 0 Å². The molecule has 5 nitrogen and oxygen atoms in total. The zero-order valence-electron chi connectivity index (χ0n) is 9.02. The van der Waals surface area contributed by atoms with Crippen molar-refractivity contribution in [1.29, 1.82) is 0 Å². The maximum Gasteiger partial charge on any atom is 0.407 e. The van der Waals surface area contributed by atoms with Gasteiger partial charge in [-0.3, -0.25) is 4.79 Å². The monoisotopic (exact) mass is 257 g/mol. The molecule has 0 aliphatic rings. The maximum absolute atomic E-state index is 11.2. The summed E-state index contributed by atoms with van der Waals surface area (Å²) in [7, 11) is 0. The van der Waals surface area contributed by atoms with Gasteiger partial charge >= 0.3 is 12.1 Å². The third kappa shape index (κ3) is 5.77. The molecule has 0 saturated carbocycles. The van der Waals surface area contributed by atoms with Crippen molar-refractivity contribution in [3.63, 3.8) is 0 Å². The van der Waals surface area contributed by atoms with Crippen molar-refractivity contribution >= 4 is 23.7 Å². The van der Waals surface area contributed by atoms with Gasteiger partial charge in [0, 0.05) is 0 Å².